The topological polar surface area (TPSA) is 119 Å². The van der Waals surface area contributed by atoms with Gasteiger partial charge in [0.1, 0.15) is 0 Å². The van der Waals surface area contributed by atoms with Crippen LogP contribution in [0.25, 0.3) is 0 Å². The zero-order valence-electron chi connectivity index (χ0n) is 16.4. The Morgan fingerprint density at radius 2 is 1.83 bits per heavy atom. The van der Waals surface area contributed by atoms with Gasteiger partial charge in [0.15, 0.2) is 6.10 Å². The fourth-order valence-corrected chi connectivity index (χ4v) is 3.34. The molecule has 0 radical (unpaired) electrons. The molecule has 0 aliphatic rings. The summed E-state index contributed by atoms with van der Waals surface area (Å²) in [4.78, 5) is 24.7. The minimum Gasteiger partial charge on any atom is -0.449 e. The number of nitrogen functional groups attached to an aromatic ring is 1. The van der Waals surface area contributed by atoms with Crippen molar-refractivity contribution < 1.29 is 22.7 Å². The summed E-state index contributed by atoms with van der Waals surface area (Å²) >= 11 is 5.82. The fourth-order valence-electron chi connectivity index (χ4n) is 2.29. The number of amides is 1. The van der Waals surface area contributed by atoms with Crippen molar-refractivity contribution in [1.29, 1.82) is 0 Å². The van der Waals surface area contributed by atoms with Crippen molar-refractivity contribution in [3.05, 3.63) is 52.5 Å². The number of hydrogen-bond donors (Lipinski definition) is 2. The van der Waals surface area contributed by atoms with Crippen LogP contribution in [0.15, 0.2) is 41.3 Å². The lowest BCUT2D eigenvalue weighted by atomic mass is 10.2. The molecule has 0 unspecified atom stereocenters. The summed E-state index contributed by atoms with van der Waals surface area (Å²) < 4.78 is 30.8. The largest absolute Gasteiger partial charge is 0.449 e. The number of halogens is 1. The molecule has 29 heavy (non-hydrogen) atoms. The standard InChI is InChI=1S/C19H22ClN3O5S/c1-11-5-7-14(29(26,27)23(3)4)10-17(11)22-18(24)12(2)28-19(25)13-6-8-15(20)16(21)9-13/h5-10,12H,21H2,1-4H3,(H,22,24)/t12-/m0/s1. The van der Waals surface area contributed by atoms with Gasteiger partial charge in [-0.25, -0.2) is 17.5 Å². The second-order valence-corrected chi connectivity index (χ2v) is 9.10. The molecule has 0 aromatic heterocycles. The van der Waals surface area contributed by atoms with E-state index in [2.05, 4.69) is 5.32 Å². The predicted octanol–water partition coefficient (Wildman–Crippen LogP) is 2.66. The summed E-state index contributed by atoms with van der Waals surface area (Å²) in [6, 6.07) is 8.64. The van der Waals surface area contributed by atoms with E-state index in [-0.39, 0.29) is 16.1 Å². The van der Waals surface area contributed by atoms with Gasteiger partial charge in [0, 0.05) is 19.8 Å². The molecule has 2 rings (SSSR count). The molecule has 0 aliphatic carbocycles. The van der Waals surface area contributed by atoms with E-state index in [9.17, 15) is 18.0 Å². The highest BCUT2D eigenvalue weighted by atomic mass is 35.5. The molecule has 0 spiro atoms. The number of carbonyl (C=O) groups is 2. The number of nitrogens with two attached hydrogens (primary N) is 1. The number of nitrogens with one attached hydrogen (secondary N) is 1. The minimum atomic E-state index is -3.66. The van der Waals surface area contributed by atoms with Gasteiger partial charge >= 0.3 is 5.97 Å². The van der Waals surface area contributed by atoms with Gasteiger partial charge in [0.25, 0.3) is 5.91 Å². The van der Waals surface area contributed by atoms with E-state index >= 15 is 0 Å². The van der Waals surface area contributed by atoms with Crippen molar-refractivity contribution in [3.63, 3.8) is 0 Å². The molecule has 156 valence electrons. The van der Waals surface area contributed by atoms with Gasteiger partial charge in [0.2, 0.25) is 10.0 Å². The van der Waals surface area contributed by atoms with Crippen LogP contribution in [0.4, 0.5) is 11.4 Å². The molecule has 3 N–H and O–H groups in total. The van der Waals surface area contributed by atoms with Crippen LogP contribution < -0.4 is 11.1 Å². The molecule has 0 bridgehead atoms. The number of ether oxygens (including phenoxy) is 1. The molecule has 8 nitrogen and oxygen atoms in total. The third-order valence-electron chi connectivity index (χ3n) is 4.13. The summed E-state index contributed by atoms with van der Waals surface area (Å²) in [5, 5.41) is 2.90. The lowest BCUT2D eigenvalue weighted by Crippen LogP contribution is -2.30. The molecule has 1 amide bonds. The van der Waals surface area contributed by atoms with Crippen LogP contribution in [0, 0.1) is 6.92 Å². The Bertz CT molecular complexity index is 1050. The van der Waals surface area contributed by atoms with Gasteiger partial charge in [0.05, 0.1) is 21.2 Å². The molecule has 2 aromatic rings. The van der Waals surface area contributed by atoms with Gasteiger partial charge in [-0.05, 0) is 49.7 Å². The number of anilines is 2. The number of nitrogens with zero attached hydrogens (tertiary/aromatic N) is 1. The average molecular weight is 440 g/mol. The van der Waals surface area contributed by atoms with Gasteiger partial charge in [-0.15, -0.1) is 0 Å². The van der Waals surface area contributed by atoms with Crippen LogP contribution in [0.1, 0.15) is 22.8 Å². The molecule has 0 aliphatic heterocycles. The van der Waals surface area contributed by atoms with E-state index in [1.165, 1.54) is 51.4 Å². The maximum Gasteiger partial charge on any atom is 0.338 e. The van der Waals surface area contributed by atoms with Gasteiger partial charge in [-0.2, -0.15) is 0 Å². The Labute approximate surface area is 174 Å². The molecule has 1 atom stereocenters. The molecule has 10 heteroatoms. The summed E-state index contributed by atoms with van der Waals surface area (Å²) in [6.45, 7) is 3.12. The molecule has 2 aromatic carbocycles. The van der Waals surface area contributed by atoms with Gasteiger partial charge in [-0.1, -0.05) is 17.7 Å². The van der Waals surface area contributed by atoms with E-state index in [1.807, 2.05) is 0 Å². The van der Waals surface area contributed by atoms with Crippen molar-refractivity contribution in [3.8, 4) is 0 Å². The number of rotatable bonds is 6. The molecular formula is C19H22ClN3O5S. The highest BCUT2D eigenvalue weighted by Gasteiger charge is 2.22. The monoisotopic (exact) mass is 439 g/mol. The van der Waals surface area contributed by atoms with Crippen molar-refractivity contribution in [2.45, 2.75) is 24.8 Å². The third kappa shape index (κ3) is 5.26. The number of aryl methyl sites for hydroxylation is 1. The summed E-state index contributed by atoms with van der Waals surface area (Å²) in [7, 11) is -0.830. The first-order chi connectivity index (χ1) is 13.4. The van der Waals surface area contributed by atoms with Crippen LogP contribution in [-0.4, -0.2) is 44.8 Å². The second-order valence-electron chi connectivity index (χ2n) is 6.54. The van der Waals surface area contributed by atoms with E-state index in [0.717, 1.165) is 4.31 Å². The van der Waals surface area contributed by atoms with Crippen molar-refractivity contribution in [1.82, 2.24) is 4.31 Å². The Hall–Kier alpha value is -2.62. The minimum absolute atomic E-state index is 0.0321. The Morgan fingerprint density at radius 3 is 2.41 bits per heavy atom. The van der Waals surface area contributed by atoms with Crippen molar-refractivity contribution >= 4 is 44.9 Å². The van der Waals surface area contributed by atoms with Crippen LogP contribution in [0.3, 0.4) is 0 Å². The maximum atomic E-state index is 12.5. The SMILES string of the molecule is Cc1ccc(S(=O)(=O)N(C)C)cc1NC(=O)[C@H](C)OC(=O)c1ccc(Cl)c(N)c1. The summed E-state index contributed by atoms with van der Waals surface area (Å²) in [6.07, 6.45) is -1.13. The Balaban J connectivity index is 2.15. The third-order valence-corrected chi connectivity index (χ3v) is 6.29. The predicted molar refractivity (Wildman–Crippen MR) is 111 cm³/mol. The lowest BCUT2D eigenvalue weighted by molar-refractivity contribution is -0.123. The van der Waals surface area contributed by atoms with E-state index in [4.69, 9.17) is 22.1 Å². The highest BCUT2D eigenvalue weighted by Crippen LogP contribution is 2.23. The number of sulfonamides is 1. The molecule has 0 heterocycles. The van der Waals surface area contributed by atoms with Crippen molar-refractivity contribution in [2.75, 3.05) is 25.1 Å². The van der Waals surface area contributed by atoms with Crippen LogP contribution in [0.2, 0.25) is 5.02 Å². The second kappa shape index (κ2) is 8.81. The van der Waals surface area contributed by atoms with E-state index in [0.29, 0.717) is 16.3 Å². The Morgan fingerprint density at radius 1 is 1.17 bits per heavy atom. The maximum absolute atomic E-state index is 12.5. The summed E-state index contributed by atoms with van der Waals surface area (Å²) in [5.74, 6) is -1.35. The normalized spacial score (nSPS) is 12.5. The fraction of sp³-hybridized carbons (Fsp3) is 0.263. The Kier molecular flexibility index (Phi) is 6.89. The lowest BCUT2D eigenvalue weighted by Gasteiger charge is -2.17. The number of benzene rings is 2. The number of carbonyl (C=O) groups excluding carboxylic acids is 2. The number of hydrogen-bond acceptors (Lipinski definition) is 6. The zero-order chi connectivity index (χ0) is 21.9. The molecule has 0 fully saturated rings. The highest BCUT2D eigenvalue weighted by molar-refractivity contribution is 7.89. The first-order valence-electron chi connectivity index (χ1n) is 8.53. The van der Waals surface area contributed by atoms with E-state index in [1.54, 1.807) is 13.0 Å². The molecule has 0 saturated heterocycles. The van der Waals surface area contributed by atoms with Crippen LogP contribution in [-0.2, 0) is 19.6 Å². The average Bonchev–Trinajstić information content (AvgIpc) is 2.65. The smallest absolute Gasteiger partial charge is 0.338 e. The number of esters is 1. The summed E-state index contributed by atoms with van der Waals surface area (Å²) in [5.41, 5.74) is 6.99. The molecule has 0 saturated carbocycles. The van der Waals surface area contributed by atoms with E-state index < -0.39 is 28.0 Å². The van der Waals surface area contributed by atoms with Crippen LogP contribution in [0.5, 0.6) is 0 Å². The zero-order valence-corrected chi connectivity index (χ0v) is 18.0. The van der Waals surface area contributed by atoms with Gasteiger partial charge in [-0.3, -0.25) is 4.79 Å². The van der Waals surface area contributed by atoms with Gasteiger partial charge < -0.3 is 15.8 Å². The first-order valence-corrected chi connectivity index (χ1v) is 10.4. The van der Waals surface area contributed by atoms with Crippen molar-refractivity contribution in [2.24, 2.45) is 0 Å². The quantitative estimate of drug-likeness (QED) is 0.527. The van der Waals surface area contributed by atoms with Crippen LogP contribution >= 0.6 is 11.6 Å². The molecular weight excluding hydrogens is 418 g/mol. The first kappa shape index (κ1) is 22.7.